The second kappa shape index (κ2) is 4.14. The summed E-state index contributed by atoms with van der Waals surface area (Å²) in [5, 5.41) is 0. The summed E-state index contributed by atoms with van der Waals surface area (Å²) in [5.41, 5.74) is 0. The number of allylic oxidation sites excluding steroid dienone is 2. The van der Waals surface area contributed by atoms with Gasteiger partial charge < -0.3 is 0 Å². The Hall–Kier alpha value is 0.180. The van der Waals surface area contributed by atoms with Crippen LogP contribution >= 0.6 is 25.3 Å². The summed E-state index contributed by atoms with van der Waals surface area (Å²) in [6.45, 7) is 7.64. The quantitative estimate of drug-likeness (QED) is 0.477. The van der Waals surface area contributed by atoms with Gasteiger partial charge in [0, 0.05) is 4.75 Å². The zero-order valence-electron chi connectivity index (χ0n) is 6.46. The van der Waals surface area contributed by atoms with E-state index in [1.165, 1.54) is 0 Å². The molecule has 0 N–H and O–H groups in total. The van der Waals surface area contributed by atoms with Gasteiger partial charge in [0.25, 0.3) is 0 Å². The van der Waals surface area contributed by atoms with Crippen molar-refractivity contribution in [2.24, 2.45) is 0 Å². The predicted octanol–water partition coefficient (Wildman–Crippen LogP) is 3.08. The van der Waals surface area contributed by atoms with E-state index in [9.17, 15) is 0 Å². The fourth-order valence-corrected chi connectivity index (χ4v) is 1.05. The van der Waals surface area contributed by atoms with Gasteiger partial charge in [-0.05, 0) is 25.2 Å². The maximum absolute atomic E-state index is 4.43. The van der Waals surface area contributed by atoms with Gasteiger partial charge >= 0.3 is 0 Å². The van der Waals surface area contributed by atoms with Crippen molar-refractivity contribution >= 4 is 25.3 Å². The SMILES string of the molecule is C=CCC(C)(S)/C(S)=C\C. The van der Waals surface area contributed by atoms with E-state index in [0.717, 1.165) is 11.3 Å². The lowest BCUT2D eigenvalue weighted by Crippen LogP contribution is -2.15. The molecular formula is C8H14S2. The van der Waals surface area contributed by atoms with Gasteiger partial charge in [-0.25, -0.2) is 0 Å². The molecule has 1 atom stereocenters. The van der Waals surface area contributed by atoms with Gasteiger partial charge in [0.1, 0.15) is 0 Å². The van der Waals surface area contributed by atoms with Crippen LogP contribution < -0.4 is 0 Å². The van der Waals surface area contributed by atoms with Crippen LogP contribution in [-0.4, -0.2) is 4.75 Å². The number of thiol groups is 2. The van der Waals surface area contributed by atoms with Gasteiger partial charge in [-0.1, -0.05) is 12.2 Å². The van der Waals surface area contributed by atoms with Crippen LogP contribution in [0.1, 0.15) is 20.3 Å². The maximum atomic E-state index is 4.43. The largest absolute Gasteiger partial charge is 0.167 e. The molecule has 1 unspecified atom stereocenters. The number of hydrogen-bond acceptors (Lipinski definition) is 2. The van der Waals surface area contributed by atoms with Gasteiger partial charge in [0.15, 0.2) is 0 Å². The first-order valence-corrected chi connectivity index (χ1v) is 4.13. The van der Waals surface area contributed by atoms with Crippen molar-refractivity contribution in [1.29, 1.82) is 0 Å². The van der Waals surface area contributed by atoms with Crippen molar-refractivity contribution < 1.29 is 0 Å². The third-order valence-corrected chi connectivity index (χ3v) is 2.72. The molecule has 2 heteroatoms. The van der Waals surface area contributed by atoms with E-state index in [-0.39, 0.29) is 4.75 Å². The van der Waals surface area contributed by atoms with Crippen LogP contribution in [0.5, 0.6) is 0 Å². The first-order chi connectivity index (χ1) is 4.54. The molecule has 58 valence electrons. The molecule has 0 rings (SSSR count). The Bertz CT molecular complexity index is 145. The van der Waals surface area contributed by atoms with Crippen LogP contribution in [-0.2, 0) is 0 Å². The molecule has 0 amide bonds. The summed E-state index contributed by atoms with van der Waals surface area (Å²) in [7, 11) is 0. The molecule has 0 nitrogen and oxygen atoms in total. The van der Waals surface area contributed by atoms with Crippen LogP contribution in [0.3, 0.4) is 0 Å². The topological polar surface area (TPSA) is 0 Å². The minimum absolute atomic E-state index is 0.139. The van der Waals surface area contributed by atoms with Gasteiger partial charge in [-0.15, -0.1) is 19.2 Å². The molecule has 0 aliphatic carbocycles. The molecular weight excluding hydrogens is 160 g/mol. The van der Waals surface area contributed by atoms with Crippen molar-refractivity contribution in [1.82, 2.24) is 0 Å². The molecule has 10 heavy (non-hydrogen) atoms. The van der Waals surface area contributed by atoms with Crippen molar-refractivity contribution in [2.45, 2.75) is 25.0 Å². The van der Waals surface area contributed by atoms with Gasteiger partial charge in [0.05, 0.1) is 0 Å². The highest BCUT2D eigenvalue weighted by Gasteiger charge is 2.18. The summed E-state index contributed by atoms with van der Waals surface area (Å²) in [5.74, 6) is 0. The molecule has 0 aliphatic rings. The second-order valence-electron chi connectivity index (χ2n) is 2.44. The molecule has 0 heterocycles. The Morgan fingerprint density at radius 3 is 2.50 bits per heavy atom. The summed E-state index contributed by atoms with van der Waals surface area (Å²) in [4.78, 5) is 0.996. The Morgan fingerprint density at radius 2 is 2.20 bits per heavy atom. The van der Waals surface area contributed by atoms with E-state index in [0.29, 0.717) is 0 Å². The van der Waals surface area contributed by atoms with Crippen LogP contribution in [0.15, 0.2) is 23.6 Å². The van der Waals surface area contributed by atoms with E-state index < -0.39 is 0 Å². The molecule has 0 radical (unpaired) electrons. The van der Waals surface area contributed by atoms with Crippen molar-refractivity contribution in [3.05, 3.63) is 23.6 Å². The van der Waals surface area contributed by atoms with Crippen LogP contribution in [0.2, 0.25) is 0 Å². The Balaban J connectivity index is 4.23. The van der Waals surface area contributed by atoms with Gasteiger partial charge in [0.2, 0.25) is 0 Å². The highest BCUT2D eigenvalue weighted by atomic mass is 32.1. The molecule has 0 saturated heterocycles. The maximum Gasteiger partial charge on any atom is 0.0437 e. The van der Waals surface area contributed by atoms with Crippen molar-refractivity contribution in [2.75, 3.05) is 0 Å². The lowest BCUT2D eigenvalue weighted by molar-refractivity contribution is 0.802. The first kappa shape index (κ1) is 10.2. The third kappa shape index (κ3) is 2.84. The molecule has 0 aromatic carbocycles. The molecule has 0 aromatic rings. The zero-order valence-corrected chi connectivity index (χ0v) is 8.25. The Labute approximate surface area is 74.2 Å². The highest BCUT2D eigenvalue weighted by molar-refractivity contribution is 7.88. The molecule has 0 saturated carbocycles. The third-order valence-electron chi connectivity index (χ3n) is 1.37. The number of rotatable bonds is 3. The predicted molar refractivity (Wildman–Crippen MR) is 54.9 cm³/mol. The van der Waals surface area contributed by atoms with Crippen LogP contribution in [0.4, 0.5) is 0 Å². The van der Waals surface area contributed by atoms with E-state index in [2.05, 4.69) is 31.8 Å². The summed E-state index contributed by atoms with van der Waals surface area (Å²) < 4.78 is -0.139. The average Bonchev–Trinajstić information content (AvgIpc) is 1.86. The molecule has 0 aromatic heterocycles. The van der Waals surface area contributed by atoms with E-state index in [1.54, 1.807) is 0 Å². The summed E-state index contributed by atoms with van der Waals surface area (Å²) in [6, 6.07) is 0. The van der Waals surface area contributed by atoms with Crippen LogP contribution in [0, 0.1) is 0 Å². The van der Waals surface area contributed by atoms with Gasteiger partial charge in [-0.2, -0.15) is 12.6 Å². The molecule has 0 spiro atoms. The van der Waals surface area contributed by atoms with Crippen molar-refractivity contribution in [3.8, 4) is 0 Å². The minimum Gasteiger partial charge on any atom is -0.167 e. The zero-order chi connectivity index (χ0) is 8.20. The average molecular weight is 174 g/mol. The molecule has 0 bridgehead atoms. The Morgan fingerprint density at radius 1 is 1.70 bits per heavy atom. The normalized spacial score (nSPS) is 18.2. The van der Waals surface area contributed by atoms with Gasteiger partial charge in [-0.3, -0.25) is 0 Å². The second-order valence-corrected chi connectivity index (χ2v) is 3.91. The standard InChI is InChI=1S/C8H14S2/c1-4-6-8(3,10)7(9)5-2/h4-5,9-10H,1,6H2,2-3H3/b7-5+. The first-order valence-electron chi connectivity index (χ1n) is 3.23. The minimum atomic E-state index is -0.139. The molecule has 0 aliphatic heterocycles. The van der Waals surface area contributed by atoms with Crippen molar-refractivity contribution in [3.63, 3.8) is 0 Å². The lowest BCUT2D eigenvalue weighted by atomic mass is 10.1. The fraction of sp³-hybridized carbons (Fsp3) is 0.500. The fourth-order valence-electron chi connectivity index (χ4n) is 0.697. The highest BCUT2D eigenvalue weighted by Crippen LogP contribution is 2.30. The summed E-state index contributed by atoms with van der Waals surface area (Å²) >= 11 is 8.71. The molecule has 0 fully saturated rings. The van der Waals surface area contributed by atoms with Crippen LogP contribution in [0.25, 0.3) is 0 Å². The van der Waals surface area contributed by atoms with E-state index in [1.807, 2.05) is 26.0 Å². The van der Waals surface area contributed by atoms with E-state index in [4.69, 9.17) is 0 Å². The Kier molecular flexibility index (Phi) is 4.22. The lowest BCUT2D eigenvalue weighted by Gasteiger charge is -2.21. The smallest absolute Gasteiger partial charge is 0.0437 e. The van der Waals surface area contributed by atoms with E-state index >= 15 is 0 Å². The summed E-state index contributed by atoms with van der Waals surface area (Å²) in [6.07, 6.45) is 4.66. The number of hydrogen-bond donors (Lipinski definition) is 2. The monoisotopic (exact) mass is 174 g/mol.